The van der Waals surface area contributed by atoms with Gasteiger partial charge in [-0.05, 0) is 52.7 Å². The zero-order valence-electron chi connectivity index (χ0n) is 9.62. The smallest absolute Gasteiger partial charge is 0.127 e. The molecule has 2 rings (SSSR count). The minimum Gasteiger partial charge on any atom is -0.363 e. The molecule has 2 aromatic rings. The fourth-order valence-electron chi connectivity index (χ4n) is 1.64. The Bertz CT molecular complexity index is 560. The van der Waals surface area contributed by atoms with Crippen LogP contribution in [0.5, 0.6) is 0 Å². The highest BCUT2D eigenvalue weighted by atomic mass is 79.9. The van der Waals surface area contributed by atoms with E-state index in [9.17, 15) is 0 Å². The molecule has 1 aromatic carbocycles. The molecule has 0 saturated carbocycles. The Morgan fingerprint density at radius 1 is 1.22 bits per heavy atom. The predicted octanol–water partition coefficient (Wildman–Crippen LogP) is 5.32. The average molecular weight is 346 g/mol. The zero-order valence-corrected chi connectivity index (χ0v) is 12.7. The van der Waals surface area contributed by atoms with E-state index in [0.29, 0.717) is 10.0 Å². The van der Waals surface area contributed by atoms with E-state index >= 15 is 0 Å². The first-order valence-corrected chi connectivity index (χ1v) is 6.95. The molecule has 5 heteroatoms. The van der Waals surface area contributed by atoms with Crippen LogP contribution in [-0.2, 0) is 0 Å². The van der Waals surface area contributed by atoms with E-state index in [-0.39, 0.29) is 6.04 Å². The van der Waals surface area contributed by atoms with Crippen LogP contribution in [0.4, 0.5) is 5.82 Å². The third-order valence-corrected chi connectivity index (χ3v) is 3.51. The first-order chi connectivity index (χ1) is 8.56. The van der Waals surface area contributed by atoms with Gasteiger partial charge in [0.1, 0.15) is 10.4 Å². The van der Waals surface area contributed by atoms with Gasteiger partial charge < -0.3 is 5.32 Å². The molecule has 0 spiro atoms. The number of pyridine rings is 1. The molecule has 1 atom stereocenters. The van der Waals surface area contributed by atoms with Crippen molar-refractivity contribution in [1.82, 2.24) is 4.98 Å². The molecule has 1 aromatic heterocycles. The Morgan fingerprint density at radius 3 is 2.67 bits per heavy atom. The van der Waals surface area contributed by atoms with Gasteiger partial charge in [-0.15, -0.1) is 0 Å². The molecule has 0 aliphatic carbocycles. The van der Waals surface area contributed by atoms with Crippen molar-refractivity contribution in [1.29, 1.82) is 0 Å². The molecule has 1 heterocycles. The van der Waals surface area contributed by atoms with E-state index in [4.69, 9.17) is 23.2 Å². The van der Waals surface area contributed by atoms with Gasteiger partial charge in [0.15, 0.2) is 0 Å². The number of anilines is 1. The second-order valence-corrected chi connectivity index (χ2v) is 5.53. The molecule has 0 radical (unpaired) electrons. The van der Waals surface area contributed by atoms with Gasteiger partial charge in [0, 0.05) is 10.0 Å². The number of aromatic nitrogens is 1. The summed E-state index contributed by atoms with van der Waals surface area (Å²) in [5.74, 6) is 0.794. The lowest BCUT2D eigenvalue weighted by molar-refractivity contribution is 0.874. The molecular weight excluding hydrogens is 335 g/mol. The first-order valence-electron chi connectivity index (χ1n) is 5.40. The zero-order chi connectivity index (χ0) is 13.1. The van der Waals surface area contributed by atoms with Crippen molar-refractivity contribution >= 4 is 44.9 Å². The summed E-state index contributed by atoms with van der Waals surface area (Å²) in [7, 11) is 0. The maximum atomic E-state index is 6.17. The van der Waals surface area contributed by atoms with Gasteiger partial charge in [0.05, 0.1) is 6.04 Å². The topological polar surface area (TPSA) is 24.9 Å². The predicted molar refractivity (Wildman–Crippen MR) is 80.4 cm³/mol. The lowest BCUT2D eigenvalue weighted by Gasteiger charge is -2.16. The van der Waals surface area contributed by atoms with Crippen LogP contribution in [0.15, 0.2) is 41.0 Å². The molecule has 0 amide bonds. The van der Waals surface area contributed by atoms with Crippen LogP contribution < -0.4 is 5.32 Å². The summed E-state index contributed by atoms with van der Waals surface area (Å²) in [6.45, 7) is 2.03. The lowest BCUT2D eigenvalue weighted by Crippen LogP contribution is -2.08. The highest BCUT2D eigenvalue weighted by Crippen LogP contribution is 2.28. The van der Waals surface area contributed by atoms with Gasteiger partial charge in [-0.2, -0.15) is 0 Å². The van der Waals surface area contributed by atoms with E-state index < -0.39 is 0 Å². The molecule has 0 fully saturated rings. The van der Waals surface area contributed by atoms with Gasteiger partial charge in [0.25, 0.3) is 0 Å². The molecule has 94 valence electrons. The Kier molecular flexibility index (Phi) is 4.49. The first kappa shape index (κ1) is 13.7. The molecule has 0 aliphatic heterocycles. The summed E-state index contributed by atoms with van der Waals surface area (Å²) >= 11 is 15.4. The second kappa shape index (κ2) is 5.91. The molecule has 0 saturated heterocycles. The molecule has 2 nitrogen and oxygen atoms in total. The van der Waals surface area contributed by atoms with Gasteiger partial charge >= 0.3 is 0 Å². The minimum atomic E-state index is 0.0524. The Balaban J connectivity index is 2.19. The Hall–Kier alpha value is -0.770. The van der Waals surface area contributed by atoms with E-state index in [2.05, 4.69) is 26.2 Å². The van der Waals surface area contributed by atoms with Crippen molar-refractivity contribution in [3.63, 3.8) is 0 Å². The van der Waals surface area contributed by atoms with E-state index in [1.165, 1.54) is 0 Å². The lowest BCUT2D eigenvalue weighted by atomic mass is 10.1. The van der Waals surface area contributed by atoms with E-state index in [0.717, 1.165) is 16.0 Å². The van der Waals surface area contributed by atoms with Crippen LogP contribution in [-0.4, -0.2) is 4.98 Å². The maximum Gasteiger partial charge on any atom is 0.127 e. The standard InChI is InChI=1S/C13H11BrCl2N2/c1-8(10-6-5-9(15)7-11(10)16)17-13-4-2-3-12(14)18-13/h2-8H,1H3,(H,17,18). The number of benzene rings is 1. The van der Waals surface area contributed by atoms with Crippen molar-refractivity contribution < 1.29 is 0 Å². The number of nitrogens with one attached hydrogen (secondary N) is 1. The molecule has 18 heavy (non-hydrogen) atoms. The van der Waals surface area contributed by atoms with Crippen LogP contribution in [0.25, 0.3) is 0 Å². The molecule has 1 N–H and O–H groups in total. The van der Waals surface area contributed by atoms with Gasteiger partial charge in [-0.1, -0.05) is 35.3 Å². The van der Waals surface area contributed by atoms with Crippen LogP contribution in [0.3, 0.4) is 0 Å². The highest BCUT2D eigenvalue weighted by Gasteiger charge is 2.10. The summed E-state index contributed by atoms with van der Waals surface area (Å²) in [5, 5.41) is 4.58. The maximum absolute atomic E-state index is 6.17. The summed E-state index contributed by atoms with van der Waals surface area (Å²) in [6.07, 6.45) is 0. The van der Waals surface area contributed by atoms with Gasteiger partial charge in [-0.25, -0.2) is 4.98 Å². The Labute approximate surface area is 124 Å². The number of halogens is 3. The van der Waals surface area contributed by atoms with Crippen molar-refractivity contribution in [3.8, 4) is 0 Å². The fraction of sp³-hybridized carbons (Fsp3) is 0.154. The second-order valence-electron chi connectivity index (χ2n) is 3.88. The van der Waals surface area contributed by atoms with Crippen molar-refractivity contribution in [2.24, 2.45) is 0 Å². The van der Waals surface area contributed by atoms with E-state index in [1.54, 1.807) is 6.07 Å². The number of rotatable bonds is 3. The largest absolute Gasteiger partial charge is 0.363 e. The highest BCUT2D eigenvalue weighted by molar-refractivity contribution is 9.10. The monoisotopic (exact) mass is 344 g/mol. The van der Waals surface area contributed by atoms with Gasteiger partial charge in [0.2, 0.25) is 0 Å². The molecular formula is C13H11BrCl2N2. The van der Waals surface area contributed by atoms with Crippen molar-refractivity contribution in [2.45, 2.75) is 13.0 Å². The Morgan fingerprint density at radius 2 is 2.00 bits per heavy atom. The summed E-state index contributed by atoms with van der Waals surface area (Å²) in [6, 6.07) is 11.3. The number of hydrogen-bond acceptors (Lipinski definition) is 2. The van der Waals surface area contributed by atoms with Crippen LogP contribution in [0.1, 0.15) is 18.5 Å². The van der Waals surface area contributed by atoms with Crippen LogP contribution in [0, 0.1) is 0 Å². The average Bonchev–Trinajstić information content (AvgIpc) is 2.28. The summed E-state index contributed by atoms with van der Waals surface area (Å²) < 4.78 is 0.793. The van der Waals surface area contributed by atoms with Crippen LogP contribution in [0.2, 0.25) is 10.0 Å². The third-order valence-electron chi connectivity index (χ3n) is 2.51. The van der Waals surface area contributed by atoms with Crippen molar-refractivity contribution in [3.05, 3.63) is 56.6 Å². The summed E-state index contributed by atoms with van der Waals surface area (Å²) in [5.41, 5.74) is 0.989. The molecule has 0 bridgehead atoms. The molecule has 0 aliphatic rings. The van der Waals surface area contributed by atoms with Gasteiger partial charge in [-0.3, -0.25) is 0 Å². The quantitative estimate of drug-likeness (QED) is 0.761. The van der Waals surface area contributed by atoms with Crippen molar-refractivity contribution in [2.75, 3.05) is 5.32 Å². The normalized spacial score (nSPS) is 12.2. The fourth-order valence-corrected chi connectivity index (χ4v) is 2.56. The number of hydrogen-bond donors (Lipinski definition) is 1. The van der Waals surface area contributed by atoms with Crippen LogP contribution >= 0.6 is 39.1 Å². The SMILES string of the molecule is CC(Nc1cccc(Br)n1)c1ccc(Cl)cc1Cl. The number of nitrogens with zero attached hydrogens (tertiary/aromatic N) is 1. The molecule has 1 unspecified atom stereocenters. The minimum absolute atomic E-state index is 0.0524. The third kappa shape index (κ3) is 3.37. The summed E-state index contributed by atoms with van der Waals surface area (Å²) in [4.78, 5) is 4.32. The van der Waals surface area contributed by atoms with E-state index in [1.807, 2.05) is 37.3 Å².